The maximum absolute atomic E-state index is 12.7. The van der Waals surface area contributed by atoms with Gasteiger partial charge in [-0.3, -0.25) is 4.79 Å². The van der Waals surface area contributed by atoms with Crippen LogP contribution in [-0.2, 0) is 4.79 Å². The average molecular weight is 340 g/mol. The Morgan fingerprint density at radius 3 is 2.83 bits per heavy atom. The van der Waals surface area contributed by atoms with Crippen molar-refractivity contribution in [1.29, 1.82) is 5.26 Å². The molecule has 1 fully saturated rings. The van der Waals surface area contributed by atoms with E-state index in [0.29, 0.717) is 18.6 Å². The molecule has 0 amide bonds. The largest absolute Gasteiger partial charge is 0.494 e. The van der Waals surface area contributed by atoms with Gasteiger partial charge >= 0.3 is 0 Å². The van der Waals surface area contributed by atoms with E-state index < -0.39 is 0 Å². The molecule has 0 N–H and O–H groups in total. The van der Waals surface area contributed by atoms with Crippen molar-refractivity contribution in [2.75, 3.05) is 12.9 Å². The molecule has 4 nitrogen and oxygen atoms in total. The van der Waals surface area contributed by atoms with Gasteiger partial charge in [-0.15, -0.1) is 11.8 Å². The Hall–Kier alpha value is -2.06. The number of hydrogen-bond acceptors (Lipinski definition) is 5. The minimum Gasteiger partial charge on any atom is -0.494 e. The number of ketones is 1. The summed E-state index contributed by atoms with van der Waals surface area (Å²) in [5.41, 5.74) is 2.42. The third-order valence-corrected chi connectivity index (χ3v) is 5.25. The van der Waals surface area contributed by atoms with Crippen LogP contribution in [0.25, 0.3) is 0 Å². The number of allylic oxidation sites excluding steroid dienone is 1. The van der Waals surface area contributed by atoms with E-state index in [9.17, 15) is 10.1 Å². The minimum atomic E-state index is -0.328. The quantitative estimate of drug-likeness (QED) is 0.828. The van der Waals surface area contributed by atoms with Crippen molar-refractivity contribution >= 4 is 23.3 Å². The summed E-state index contributed by atoms with van der Waals surface area (Å²) >= 11 is 1.47. The Morgan fingerprint density at radius 1 is 1.33 bits per heavy atom. The predicted octanol–water partition coefficient (Wildman–Crippen LogP) is 4.09. The molecule has 0 unspecified atom stereocenters. The van der Waals surface area contributed by atoms with Crippen LogP contribution in [0.1, 0.15) is 37.7 Å². The fraction of sp³-hybridized carbons (Fsp3) is 0.421. The molecule has 1 aliphatic heterocycles. The molecule has 0 aromatic heterocycles. The fourth-order valence-electron chi connectivity index (χ4n) is 3.57. The summed E-state index contributed by atoms with van der Waals surface area (Å²) in [6.07, 6.45) is 4.15. The highest BCUT2D eigenvalue weighted by molar-refractivity contribution is 8.02. The Labute approximate surface area is 146 Å². The van der Waals surface area contributed by atoms with E-state index in [2.05, 4.69) is 11.1 Å². The molecule has 1 saturated carbocycles. The van der Waals surface area contributed by atoms with Gasteiger partial charge in [0.05, 0.1) is 24.2 Å². The van der Waals surface area contributed by atoms with Crippen molar-refractivity contribution in [3.8, 4) is 11.8 Å². The highest BCUT2D eigenvalue weighted by Gasteiger charge is 2.42. The molecule has 1 aromatic rings. The third kappa shape index (κ3) is 2.87. The molecule has 0 spiro atoms. The van der Waals surface area contributed by atoms with E-state index in [1.165, 1.54) is 11.8 Å². The van der Waals surface area contributed by atoms with Crippen molar-refractivity contribution in [3.63, 3.8) is 0 Å². The standard InChI is InChI=1S/C19H20N2O2S/c1-3-23-16-10-5-4-7-12(16)17-13(11-20)19(24-2)21-14-8-6-9-15(22)18(14)17/h4-5,7,10,17-18H,3,6,8-9H2,1-2H3/t17-,18+/m0/s1. The van der Waals surface area contributed by atoms with E-state index in [-0.39, 0.29) is 17.6 Å². The number of nitriles is 1. The normalized spacial score (nSPS) is 23.4. The van der Waals surface area contributed by atoms with Gasteiger partial charge in [0.2, 0.25) is 0 Å². The smallest absolute Gasteiger partial charge is 0.142 e. The van der Waals surface area contributed by atoms with Gasteiger partial charge in [-0.25, -0.2) is 4.99 Å². The second-order valence-electron chi connectivity index (χ2n) is 5.88. The van der Waals surface area contributed by atoms with Crippen molar-refractivity contribution in [3.05, 3.63) is 40.4 Å². The lowest BCUT2D eigenvalue weighted by atomic mass is 9.70. The molecule has 1 aromatic carbocycles. The summed E-state index contributed by atoms with van der Waals surface area (Å²) in [7, 11) is 0. The molecule has 24 heavy (non-hydrogen) atoms. The third-order valence-electron chi connectivity index (χ3n) is 4.55. The number of hydrogen-bond donors (Lipinski definition) is 0. The highest BCUT2D eigenvalue weighted by Crippen LogP contribution is 2.46. The van der Waals surface area contributed by atoms with Crippen LogP contribution in [0.15, 0.2) is 39.9 Å². The van der Waals surface area contributed by atoms with Crippen molar-refractivity contribution in [1.82, 2.24) is 0 Å². The first-order chi connectivity index (χ1) is 11.7. The summed E-state index contributed by atoms with van der Waals surface area (Å²) in [5.74, 6) is 0.313. The van der Waals surface area contributed by atoms with Crippen LogP contribution >= 0.6 is 11.8 Å². The van der Waals surface area contributed by atoms with Crippen LogP contribution in [0.5, 0.6) is 5.75 Å². The van der Waals surface area contributed by atoms with Crippen molar-refractivity contribution in [2.24, 2.45) is 10.9 Å². The molecule has 0 bridgehead atoms. The molecule has 5 heteroatoms. The molecule has 0 radical (unpaired) electrons. The molecule has 0 saturated heterocycles. The maximum Gasteiger partial charge on any atom is 0.142 e. The van der Waals surface area contributed by atoms with E-state index in [1.54, 1.807) is 0 Å². The Balaban J connectivity index is 2.19. The highest BCUT2D eigenvalue weighted by atomic mass is 32.2. The lowest BCUT2D eigenvalue weighted by Gasteiger charge is -2.35. The first kappa shape index (κ1) is 16.8. The van der Waals surface area contributed by atoms with E-state index in [0.717, 1.165) is 34.9 Å². The number of carbonyl (C=O) groups is 1. The van der Waals surface area contributed by atoms with Crippen LogP contribution < -0.4 is 4.74 Å². The van der Waals surface area contributed by atoms with Gasteiger partial charge in [0.15, 0.2) is 0 Å². The number of thioether (sulfide) groups is 1. The van der Waals surface area contributed by atoms with E-state index >= 15 is 0 Å². The Morgan fingerprint density at radius 2 is 2.12 bits per heavy atom. The van der Waals surface area contributed by atoms with Gasteiger partial charge in [0, 0.05) is 23.6 Å². The minimum absolute atomic E-state index is 0.184. The Kier molecular flexibility index (Phi) is 5.06. The number of aliphatic imine (C=N–C) groups is 1. The summed E-state index contributed by atoms with van der Waals surface area (Å²) in [4.78, 5) is 17.3. The van der Waals surface area contributed by atoms with Gasteiger partial charge in [-0.05, 0) is 32.1 Å². The first-order valence-electron chi connectivity index (χ1n) is 8.21. The summed E-state index contributed by atoms with van der Waals surface area (Å²) in [5, 5.41) is 10.5. The molecular formula is C19H20N2O2S. The average Bonchev–Trinajstić information content (AvgIpc) is 2.61. The zero-order valence-electron chi connectivity index (χ0n) is 13.9. The van der Waals surface area contributed by atoms with Crippen LogP contribution in [0.2, 0.25) is 0 Å². The van der Waals surface area contributed by atoms with Gasteiger partial charge in [-0.1, -0.05) is 18.2 Å². The number of fused-ring (bicyclic) bond motifs is 1. The van der Waals surface area contributed by atoms with Crippen LogP contribution in [-0.4, -0.2) is 24.4 Å². The fourth-order valence-corrected chi connectivity index (χ4v) is 4.17. The topological polar surface area (TPSA) is 62.4 Å². The molecule has 2 aliphatic rings. The number of para-hydroxylation sites is 1. The zero-order chi connectivity index (χ0) is 17.1. The van der Waals surface area contributed by atoms with Gasteiger partial charge in [0.1, 0.15) is 16.6 Å². The number of nitrogens with zero attached hydrogens (tertiary/aromatic N) is 2. The summed E-state index contributed by atoms with van der Waals surface area (Å²) in [6.45, 7) is 2.48. The molecule has 1 aliphatic carbocycles. The Bertz CT molecular complexity index is 761. The second kappa shape index (κ2) is 7.23. The maximum atomic E-state index is 12.7. The summed E-state index contributed by atoms with van der Waals surface area (Å²) in [6, 6.07) is 10.0. The van der Waals surface area contributed by atoms with Gasteiger partial charge in [0.25, 0.3) is 0 Å². The van der Waals surface area contributed by atoms with Gasteiger partial charge in [-0.2, -0.15) is 5.26 Å². The lowest BCUT2D eigenvalue weighted by Crippen LogP contribution is -2.37. The molecular weight excluding hydrogens is 320 g/mol. The number of benzene rings is 1. The number of Topliss-reactive ketones (excluding diaryl/α,β-unsaturated/α-hetero) is 1. The molecule has 2 atom stereocenters. The lowest BCUT2D eigenvalue weighted by molar-refractivity contribution is -0.121. The number of ether oxygens (including phenoxy) is 1. The van der Waals surface area contributed by atoms with Crippen molar-refractivity contribution < 1.29 is 9.53 Å². The van der Waals surface area contributed by atoms with Crippen LogP contribution in [0.3, 0.4) is 0 Å². The van der Waals surface area contributed by atoms with E-state index in [4.69, 9.17) is 4.74 Å². The predicted molar refractivity (Wildman–Crippen MR) is 96.3 cm³/mol. The summed E-state index contributed by atoms with van der Waals surface area (Å²) < 4.78 is 5.78. The second-order valence-corrected chi connectivity index (χ2v) is 6.68. The van der Waals surface area contributed by atoms with Gasteiger partial charge < -0.3 is 4.74 Å². The van der Waals surface area contributed by atoms with E-state index in [1.807, 2.05) is 37.4 Å². The van der Waals surface area contributed by atoms with Crippen molar-refractivity contribution in [2.45, 2.75) is 32.1 Å². The SMILES string of the molecule is CCOc1ccccc1[C@H]1C(C#N)=C(SC)N=C2CCCC(=O)[C@@H]21. The van der Waals surface area contributed by atoms with Crippen LogP contribution in [0, 0.1) is 17.2 Å². The first-order valence-corrected chi connectivity index (χ1v) is 9.43. The zero-order valence-corrected chi connectivity index (χ0v) is 14.7. The molecule has 3 rings (SSSR count). The number of carbonyl (C=O) groups excluding carboxylic acids is 1. The molecule has 1 heterocycles. The van der Waals surface area contributed by atoms with Crippen LogP contribution in [0.4, 0.5) is 0 Å². The monoisotopic (exact) mass is 340 g/mol. The number of rotatable bonds is 4. The molecule has 124 valence electrons.